The first-order chi connectivity index (χ1) is 11.6. The van der Waals surface area contributed by atoms with Crippen LogP contribution >= 0.6 is 0 Å². The molecule has 0 bridgehead atoms. The molecule has 2 rings (SSSR count). The fourth-order valence-electron chi connectivity index (χ4n) is 2.81. The summed E-state index contributed by atoms with van der Waals surface area (Å²) in [4.78, 5) is 27.8. The van der Waals surface area contributed by atoms with E-state index in [1.807, 2.05) is 4.90 Å². The molecule has 138 valence electrons. The van der Waals surface area contributed by atoms with Gasteiger partial charge in [0.15, 0.2) is 0 Å². The van der Waals surface area contributed by atoms with Gasteiger partial charge in [-0.15, -0.1) is 0 Å². The highest BCUT2D eigenvalue weighted by atomic mass is 32.2. The van der Waals surface area contributed by atoms with Crippen molar-refractivity contribution < 1.29 is 18.0 Å². The van der Waals surface area contributed by atoms with Crippen molar-refractivity contribution in [3.63, 3.8) is 0 Å². The molecule has 1 aliphatic heterocycles. The van der Waals surface area contributed by atoms with E-state index in [9.17, 15) is 18.0 Å². The third-order valence-electron chi connectivity index (χ3n) is 4.30. The van der Waals surface area contributed by atoms with Gasteiger partial charge in [-0.1, -0.05) is 6.07 Å². The van der Waals surface area contributed by atoms with Crippen LogP contribution in [0.3, 0.4) is 0 Å². The van der Waals surface area contributed by atoms with Crippen molar-refractivity contribution in [1.82, 2.24) is 14.1 Å². The summed E-state index contributed by atoms with van der Waals surface area (Å²) < 4.78 is 26.0. The van der Waals surface area contributed by atoms with Crippen molar-refractivity contribution in [3.05, 3.63) is 29.3 Å². The average Bonchev–Trinajstić information content (AvgIpc) is 2.54. The molecule has 1 amide bonds. The van der Waals surface area contributed by atoms with E-state index in [1.165, 1.54) is 20.2 Å². The van der Waals surface area contributed by atoms with E-state index in [1.54, 1.807) is 30.9 Å². The van der Waals surface area contributed by atoms with Crippen LogP contribution in [0.15, 0.2) is 23.1 Å². The van der Waals surface area contributed by atoms with E-state index in [4.69, 9.17) is 0 Å². The van der Waals surface area contributed by atoms with Gasteiger partial charge in [0.1, 0.15) is 5.78 Å². The number of rotatable bonds is 5. The second-order valence-electron chi connectivity index (χ2n) is 6.54. The summed E-state index contributed by atoms with van der Waals surface area (Å²) in [5.74, 6) is -0.0745. The zero-order chi connectivity index (χ0) is 18.8. The summed E-state index contributed by atoms with van der Waals surface area (Å²) >= 11 is 0. The van der Waals surface area contributed by atoms with Crippen LogP contribution in [0.5, 0.6) is 0 Å². The summed E-state index contributed by atoms with van der Waals surface area (Å²) in [5, 5.41) is 0. The van der Waals surface area contributed by atoms with Crippen LogP contribution in [0.25, 0.3) is 0 Å². The Morgan fingerprint density at radius 1 is 1.12 bits per heavy atom. The SMILES string of the molecule is CC(=O)CN1CCN(C(=O)c2ccc(C)c(S(=O)(=O)N(C)C)c2)CC1. The molecule has 1 heterocycles. The Labute approximate surface area is 149 Å². The zero-order valence-corrected chi connectivity index (χ0v) is 16.0. The lowest BCUT2D eigenvalue weighted by Gasteiger charge is -2.34. The number of nitrogens with zero attached hydrogens (tertiary/aromatic N) is 3. The molecule has 0 unspecified atom stereocenters. The summed E-state index contributed by atoms with van der Waals surface area (Å²) in [5.41, 5.74) is 0.975. The van der Waals surface area contributed by atoms with Gasteiger partial charge in [-0.25, -0.2) is 12.7 Å². The second kappa shape index (κ2) is 7.63. The Kier molecular flexibility index (Phi) is 5.97. The maximum atomic E-state index is 12.7. The van der Waals surface area contributed by atoms with Crippen LogP contribution in [0.4, 0.5) is 0 Å². The van der Waals surface area contributed by atoms with Gasteiger partial charge in [0.05, 0.1) is 11.4 Å². The lowest BCUT2D eigenvalue weighted by Crippen LogP contribution is -2.49. The molecule has 0 saturated carbocycles. The van der Waals surface area contributed by atoms with Crippen molar-refractivity contribution in [1.29, 1.82) is 0 Å². The number of carbonyl (C=O) groups is 2. The highest BCUT2D eigenvalue weighted by Crippen LogP contribution is 2.21. The van der Waals surface area contributed by atoms with Crippen LogP contribution < -0.4 is 0 Å². The van der Waals surface area contributed by atoms with Gasteiger partial charge in [0.2, 0.25) is 10.0 Å². The summed E-state index contributed by atoms with van der Waals surface area (Å²) in [7, 11) is -0.660. The molecule has 1 aromatic carbocycles. The van der Waals surface area contributed by atoms with Crippen molar-refractivity contribution in [2.45, 2.75) is 18.7 Å². The van der Waals surface area contributed by atoms with Gasteiger partial charge in [-0.3, -0.25) is 14.5 Å². The molecule has 8 heteroatoms. The molecule has 0 spiro atoms. The van der Waals surface area contributed by atoms with Crippen molar-refractivity contribution in [2.75, 3.05) is 46.8 Å². The van der Waals surface area contributed by atoms with E-state index >= 15 is 0 Å². The smallest absolute Gasteiger partial charge is 0.253 e. The second-order valence-corrected chi connectivity index (χ2v) is 8.66. The number of benzene rings is 1. The first-order valence-corrected chi connectivity index (χ1v) is 9.61. The highest BCUT2D eigenvalue weighted by molar-refractivity contribution is 7.89. The van der Waals surface area contributed by atoms with Gasteiger partial charge in [0, 0.05) is 45.8 Å². The fourth-order valence-corrected chi connectivity index (χ4v) is 3.96. The Morgan fingerprint density at radius 3 is 2.24 bits per heavy atom. The molecule has 0 N–H and O–H groups in total. The molecule has 1 aliphatic rings. The van der Waals surface area contributed by atoms with Gasteiger partial charge in [-0.2, -0.15) is 0 Å². The number of aryl methyl sites for hydroxylation is 1. The molecular weight excluding hydrogens is 342 g/mol. The van der Waals surface area contributed by atoms with Crippen LogP contribution in [-0.4, -0.2) is 81.0 Å². The number of sulfonamides is 1. The number of amides is 1. The molecule has 0 aliphatic carbocycles. The van der Waals surface area contributed by atoms with E-state index < -0.39 is 10.0 Å². The number of piperazine rings is 1. The zero-order valence-electron chi connectivity index (χ0n) is 15.2. The molecule has 0 atom stereocenters. The van der Waals surface area contributed by atoms with Crippen LogP contribution in [-0.2, 0) is 14.8 Å². The van der Waals surface area contributed by atoms with Crippen molar-refractivity contribution >= 4 is 21.7 Å². The first-order valence-electron chi connectivity index (χ1n) is 8.17. The van der Waals surface area contributed by atoms with Gasteiger partial charge < -0.3 is 4.90 Å². The van der Waals surface area contributed by atoms with Gasteiger partial charge in [0.25, 0.3) is 5.91 Å². The van der Waals surface area contributed by atoms with Gasteiger partial charge in [-0.05, 0) is 31.5 Å². The highest BCUT2D eigenvalue weighted by Gasteiger charge is 2.25. The van der Waals surface area contributed by atoms with Gasteiger partial charge >= 0.3 is 0 Å². The first kappa shape index (κ1) is 19.6. The van der Waals surface area contributed by atoms with Crippen molar-refractivity contribution in [2.24, 2.45) is 0 Å². The maximum Gasteiger partial charge on any atom is 0.253 e. The predicted octanol–water partition coefficient (Wildman–Crippen LogP) is 0.592. The molecule has 1 aromatic rings. The number of ketones is 1. The molecule has 1 saturated heterocycles. The van der Waals surface area contributed by atoms with E-state index in [0.29, 0.717) is 43.9 Å². The van der Waals surface area contributed by atoms with Crippen LogP contribution in [0, 0.1) is 6.92 Å². The minimum absolute atomic E-state index is 0.108. The number of hydrogen-bond acceptors (Lipinski definition) is 5. The lowest BCUT2D eigenvalue weighted by molar-refractivity contribution is -0.118. The third kappa shape index (κ3) is 4.45. The number of Topliss-reactive ketones (excluding diaryl/α,β-unsaturated/α-hetero) is 1. The predicted molar refractivity (Wildman–Crippen MR) is 95.1 cm³/mol. The molecule has 1 fully saturated rings. The largest absolute Gasteiger partial charge is 0.336 e. The quantitative estimate of drug-likeness (QED) is 0.761. The van der Waals surface area contributed by atoms with Crippen LogP contribution in [0.1, 0.15) is 22.8 Å². The van der Waals surface area contributed by atoms with E-state index in [0.717, 1.165) is 4.31 Å². The normalized spacial score (nSPS) is 16.3. The third-order valence-corrected chi connectivity index (χ3v) is 6.26. The monoisotopic (exact) mass is 367 g/mol. The minimum atomic E-state index is -3.60. The Hall–Kier alpha value is -1.77. The van der Waals surface area contributed by atoms with E-state index in [-0.39, 0.29) is 16.6 Å². The lowest BCUT2D eigenvalue weighted by atomic mass is 10.1. The molecule has 7 nitrogen and oxygen atoms in total. The molecular formula is C17H25N3O4S. The molecule has 25 heavy (non-hydrogen) atoms. The molecule has 0 aromatic heterocycles. The summed E-state index contributed by atoms with van der Waals surface area (Å²) in [6.45, 7) is 5.99. The standard InChI is InChI=1S/C17H25N3O4S/c1-13-5-6-15(11-16(13)25(23,24)18(3)4)17(22)20-9-7-19(8-10-20)12-14(2)21/h5-6,11H,7-10,12H2,1-4H3. The number of carbonyl (C=O) groups excluding carboxylic acids is 2. The minimum Gasteiger partial charge on any atom is -0.336 e. The topological polar surface area (TPSA) is 78.0 Å². The number of hydrogen-bond donors (Lipinski definition) is 0. The van der Waals surface area contributed by atoms with Crippen molar-refractivity contribution in [3.8, 4) is 0 Å². The summed E-state index contributed by atoms with van der Waals surface area (Å²) in [6, 6.07) is 4.78. The summed E-state index contributed by atoms with van der Waals surface area (Å²) in [6.07, 6.45) is 0. The Balaban J connectivity index is 2.17. The van der Waals surface area contributed by atoms with Crippen LogP contribution in [0.2, 0.25) is 0 Å². The average molecular weight is 367 g/mol. The molecule has 0 radical (unpaired) electrons. The maximum absolute atomic E-state index is 12.7. The Bertz CT molecular complexity index is 766. The Morgan fingerprint density at radius 2 is 1.72 bits per heavy atom. The fraction of sp³-hybridized carbons (Fsp3) is 0.529. The van der Waals surface area contributed by atoms with E-state index in [2.05, 4.69) is 0 Å².